The summed E-state index contributed by atoms with van der Waals surface area (Å²) in [6, 6.07) is 0. The highest BCUT2D eigenvalue weighted by molar-refractivity contribution is 9.10. The molecule has 0 fully saturated rings. The van der Waals surface area contributed by atoms with Crippen molar-refractivity contribution >= 4 is 15.9 Å². The number of nitrogens with two attached hydrogens (primary N) is 1. The van der Waals surface area contributed by atoms with Gasteiger partial charge in [0.05, 0.1) is 10.2 Å². The Morgan fingerprint density at radius 1 is 1.62 bits per heavy atom. The lowest BCUT2D eigenvalue weighted by Crippen LogP contribution is -2.19. The van der Waals surface area contributed by atoms with Crippen molar-refractivity contribution in [3.8, 4) is 0 Å². The molecule has 0 saturated carbocycles. The van der Waals surface area contributed by atoms with Crippen LogP contribution in [0.5, 0.6) is 0 Å². The fourth-order valence-electron chi connectivity index (χ4n) is 0.912. The van der Waals surface area contributed by atoms with Gasteiger partial charge in [-0.2, -0.15) is 0 Å². The SMILES string of the molecule is NCc1c(Br)[nH]cc(C(F)F)c1=O. The van der Waals surface area contributed by atoms with E-state index < -0.39 is 17.4 Å². The fraction of sp³-hybridized carbons (Fsp3) is 0.286. The van der Waals surface area contributed by atoms with E-state index in [1.54, 1.807) is 0 Å². The van der Waals surface area contributed by atoms with E-state index in [2.05, 4.69) is 20.9 Å². The Labute approximate surface area is 81.1 Å². The lowest BCUT2D eigenvalue weighted by Gasteiger charge is -2.03. The smallest absolute Gasteiger partial charge is 0.269 e. The molecule has 0 amide bonds. The molecule has 0 aromatic carbocycles. The van der Waals surface area contributed by atoms with Crippen molar-refractivity contribution in [1.29, 1.82) is 0 Å². The van der Waals surface area contributed by atoms with E-state index in [9.17, 15) is 13.6 Å². The van der Waals surface area contributed by atoms with E-state index in [1.807, 2.05) is 0 Å². The molecule has 0 radical (unpaired) electrons. The second kappa shape index (κ2) is 3.97. The van der Waals surface area contributed by atoms with Gasteiger partial charge in [0, 0.05) is 18.3 Å². The number of rotatable bonds is 2. The number of aromatic nitrogens is 1. The van der Waals surface area contributed by atoms with Crippen molar-refractivity contribution in [2.75, 3.05) is 0 Å². The third kappa shape index (κ3) is 1.94. The highest BCUT2D eigenvalue weighted by atomic mass is 79.9. The van der Waals surface area contributed by atoms with Gasteiger partial charge in [0.15, 0.2) is 5.43 Å². The lowest BCUT2D eigenvalue weighted by atomic mass is 10.2. The molecule has 1 rings (SSSR count). The summed E-state index contributed by atoms with van der Waals surface area (Å²) < 4.78 is 24.8. The Bertz CT molecular complexity index is 364. The monoisotopic (exact) mass is 252 g/mol. The van der Waals surface area contributed by atoms with Crippen LogP contribution in [0.15, 0.2) is 15.6 Å². The number of halogens is 3. The molecule has 13 heavy (non-hydrogen) atoms. The van der Waals surface area contributed by atoms with Gasteiger partial charge < -0.3 is 10.7 Å². The van der Waals surface area contributed by atoms with E-state index in [0.29, 0.717) is 4.60 Å². The van der Waals surface area contributed by atoms with Crippen molar-refractivity contribution < 1.29 is 8.78 Å². The molecule has 0 bridgehead atoms. The summed E-state index contributed by atoms with van der Waals surface area (Å²) in [5.74, 6) is 0. The molecule has 6 heteroatoms. The van der Waals surface area contributed by atoms with Crippen LogP contribution in [0, 0.1) is 0 Å². The molecule has 72 valence electrons. The minimum atomic E-state index is -2.78. The highest BCUT2D eigenvalue weighted by Crippen LogP contribution is 2.17. The molecule has 1 aromatic rings. The predicted octanol–water partition coefficient (Wildman–Crippen LogP) is 1.53. The summed E-state index contributed by atoms with van der Waals surface area (Å²) in [5.41, 5.74) is 4.10. The van der Waals surface area contributed by atoms with Crippen LogP contribution in [0.1, 0.15) is 17.6 Å². The number of alkyl halides is 2. The first-order chi connectivity index (χ1) is 6.07. The van der Waals surface area contributed by atoms with Gasteiger partial charge in [-0.25, -0.2) is 8.78 Å². The Morgan fingerprint density at radius 2 is 2.23 bits per heavy atom. The highest BCUT2D eigenvalue weighted by Gasteiger charge is 2.15. The molecule has 0 aliphatic heterocycles. The van der Waals surface area contributed by atoms with Gasteiger partial charge in [-0.1, -0.05) is 0 Å². The van der Waals surface area contributed by atoms with Crippen LogP contribution in [-0.4, -0.2) is 4.98 Å². The van der Waals surface area contributed by atoms with Crippen LogP contribution in [-0.2, 0) is 6.54 Å². The third-order valence-electron chi connectivity index (χ3n) is 1.59. The number of aromatic amines is 1. The van der Waals surface area contributed by atoms with Gasteiger partial charge in [-0.3, -0.25) is 4.79 Å². The Hall–Kier alpha value is -0.750. The first kappa shape index (κ1) is 10.3. The molecule has 0 aliphatic carbocycles. The zero-order valence-corrected chi connectivity index (χ0v) is 8.07. The molecule has 0 saturated heterocycles. The molecule has 0 unspecified atom stereocenters. The van der Waals surface area contributed by atoms with Gasteiger partial charge >= 0.3 is 0 Å². The first-order valence-electron chi connectivity index (χ1n) is 3.46. The summed E-state index contributed by atoms with van der Waals surface area (Å²) in [6.45, 7) is -0.0729. The van der Waals surface area contributed by atoms with Gasteiger partial charge in [-0.15, -0.1) is 0 Å². The van der Waals surface area contributed by atoms with Crippen molar-refractivity contribution in [2.24, 2.45) is 5.73 Å². The minimum absolute atomic E-state index is 0.0729. The quantitative estimate of drug-likeness (QED) is 0.785. The number of nitrogens with one attached hydrogen (secondary N) is 1. The van der Waals surface area contributed by atoms with Crippen LogP contribution < -0.4 is 11.2 Å². The van der Waals surface area contributed by atoms with E-state index in [0.717, 1.165) is 6.20 Å². The first-order valence-corrected chi connectivity index (χ1v) is 4.25. The lowest BCUT2D eigenvalue weighted by molar-refractivity contribution is 0.149. The van der Waals surface area contributed by atoms with E-state index >= 15 is 0 Å². The second-order valence-electron chi connectivity index (χ2n) is 2.37. The summed E-state index contributed by atoms with van der Waals surface area (Å²) in [7, 11) is 0. The van der Waals surface area contributed by atoms with Gasteiger partial charge in [0.2, 0.25) is 0 Å². The molecule has 0 aliphatic rings. The third-order valence-corrected chi connectivity index (χ3v) is 2.30. The Kier molecular flexibility index (Phi) is 3.16. The molecule has 3 nitrogen and oxygen atoms in total. The zero-order chi connectivity index (χ0) is 10.0. The van der Waals surface area contributed by atoms with Crippen LogP contribution >= 0.6 is 15.9 Å². The number of H-pyrrole nitrogens is 1. The molecule has 0 spiro atoms. The van der Waals surface area contributed by atoms with Crippen molar-refractivity contribution in [3.05, 3.63) is 32.2 Å². The van der Waals surface area contributed by atoms with Crippen LogP contribution in [0.25, 0.3) is 0 Å². The maximum Gasteiger partial charge on any atom is 0.269 e. The van der Waals surface area contributed by atoms with Crippen molar-refractivity contribution in [2.45, 2.75) is 13.0 Å². The maximum atomic E-state index is 12.2. The minimum Gasteiger partial charge on any atom is -0.355 e. The second-order valence-corrected chi connectivity index (χ2v) is 3.16. The fourth-order valence-corrected chi connectivity index (χ4v) is 1.37. The van der Waals surface area contributed by atoms with Crippen LogP contribution in [0.2, 0.25) is 0 Å². The normalized spacial score (nSPS) is 10.8. The molecular formula is C7H7BrF2N2O. The summed E-state index contributed by atoms with van der Waals surface area (Å²) in [6.07, 6.45) is -1.79. The number of hydrogen-bond donors (Lipinski definition) is 2. The van der Waals surface area contributed by atoms with Crippen molar-refractivity contribution in [1.82, 2.24) is 4.98 Å². The Morgan fingerprint density at radius 3 is 2.69 bits per heavy atom. The van der Waals surface area contributed by atoms with Crippen LogP contribution in [0.4, 0.5) is 8.78 Å². The topological polar surface area (TPSA) is 58.9 Å². The zero-order valence-electron chi connectivity index (χ0n) is 6.48. The predicted molar refractivity (Wildman–Crippen MR) is 47.6 cm³/mol. The van der Waals surface area contributed by atoms with E-state index in [-0.39, 0.29) is 12.1 Å². The standard InChI is InChI=1S/C7H7BrF2N2O/c8-6-3(1-11)5(13)4(2-12-6)7(9)10/h2,7H,1,11H2,(H,12,13). The number of pyridine rings is 1. The van der Waals surface area contributed by atoms with Crippen molar-refractivity contribution in [3.63, 3.8) is 0 Å². The average Bonchev–Trinajstić information content (AvgIpc) is 2.04. The maximum absolute atomic E-state index is 12.2. The van der Waals surface area contributed by atoms with E-state index in [1.165, 1.54) is 0 Å². The van der Waals surface area contributed by atoms with Gasteiger partial charge in [0.1, 0.15) is 0 Å². The summed E-state index contributed by atoms with van der Waals surface area (Å²) in [4.78, 5) is 13.8. The Balaban J connectivity index is 3.37. The summed E-state index contributed by atoms with van der Waals surface area (Å²) in [5, 5.41) is 0. The molecule has 1 heterocycles. The molecule has 0 atom stereocenters. The summed E-state index contributed by atoms with van der Waals surface area (Å²) >= 11 is 3.01. The largest absolute Gasteiger partial charge is 0.355 e. The molecular weight excluding hydrogens is 246 g/mol. The van der Waals surface area contributed by atoms with Gasteiger partial charge in [0.25, 0.3) is 6.43 Å². The van der Waals surface area contributed by atoms with E-state index in [4.69, 9.17) is 5.73 Å². The van der Waals surface area contributed by atoms with Crippen LogP contribution in [0.3, 0.4) is 0 Å². The number of hydrogen-bond acceptors (Lipinski definition) is 2. The molecule has 1 aromatic heterocycles. The average molecular weight is 253 g/mol. The molecule has 3 N–H and O–H groups in total. The van der Waals surface area contributed by atoms with Gasteiger partial charge in [-0.05, 0) is 15.9 Å².